The van der Waals surface area contributed by atoms with Crippen LogP contribution in [0.3, 0.4) is 0 Å². The minimum Gasteiger partial charge on any atom is -0.271 e. The van der Waals surface area contributed by atoms with Crippen LogP contribution in [0.4, 0.5) is 0 Å². The fourth-order valence-electron chi connectivity index (χ4n) is 2.24. The van der Waals surface area contributed by atoms with Crippen LogP contribution >= 0.6 is 46.1 Å². The van der Waals surface area contributed by atoms with E-state index in [-0.39, 0.29) is 0 Å². The summed E-state index contributed by atoms with van der Waals surface area (Å²) in [5.74, 6) is 8.28. The molecular weight excluding hydrogens is 375 g/mol. The van der Waals surface area contributed by atoms with E-state index in [0.29, 0.717) is 16.5 Å². The normalized spacial score (nSPS) is 25.9. The lowest BCUT2D eigenvalue weighted by atomic mass is 10.0. The second kappa shape index (κ2) is 7.38. The van der Waals surface area contributed by atoms with Crippen molar-refractivity contribution in [1.82, 2.24) is 5.43 Å². The first-order valence-electron chi connectivity index (χ1n) is 6.14. The second-order valence-electron chi connectivity index (χ2n) is 4.52. The Balaban J connectivity index is 2.02. The van der Waals surface area contributed by atoms with E-state index in [1.165, 1.54) is 20.6 Å². The highest BCUT2D eigenvalue weighted by Gasteiger charge is 2.29. The van der Waals surface area contributed by atoms with Gasteiger partial charge in [-0.25, -0.2) is 0 Å². The van der Waals surface area contributed by atoms with Crippen molar-refractivity contribution in [3.63, 3.8) is 0 Å². The van der Waals surface area contributed by atoms with Crippen LogP contribution in [0.1, 0.15) is 12.5 Å². The number of thioether (sulfide) groups is 2. The molecule has 100 valence electrons. The molecule has 0 saturated carbocycles. The van der Waals surface area contributed by atoms with Crippen LogP contribution in [0.2, 0.25) is 0 Å². The monoisotopic (exact) mass is 394 g/mol. The van der Waals surface area contributed by atoms with Gasteiger partial charge in [-0.2, -0.15) is 23.5 Å². The Hall–Kier alpha value is 0.570. The molecular formula is C13H19IN2S2. The lowest BCUT2D eigenvalue weighted by Crippen LogP contribution is -2.48. The summed E-state index contributed by atoms with van der Waals surface area (Å²) in [7, 11) is 0. The summed E-state index contributed by atoms with van der Waals surface area (Å²) in [6.45, 7) is 2.32. The highest BCUT2D eigenvalue weighted by Crippen LogP contribution is 2.33. The molecule has 3 unspecified atom stereocenters. The van der Waals surface area contributed by atoms with Crippen LogP contribution < -0.4 is 11.3 Å². The summed E-state index contributed by atoms with van der Waals surface area (Å²) < 4.78 is 1.28. The van der Waals surface area contributed by atoms with Gasteiger partial charge in [-0.1, -0.05) is 19.1 Å². The average molecular weight is 394 g/mol. The molecule has 1 heterocycles. The summed E-state index contributed by atoms with van der Waals surface area (Å²) in [5, 5.41) is 1.28. The Morgan fingerprint density at radius 2 is 2.00 bits per heavy atom. The van der Waals surface area contributed by atoms with E-state index in [0.717, 1.165) is 6.42 Å². The number of nitrogens with two attached hydrogens (primary N) is 1. The Kier molecular flexibility index (Phi) is 6.14. The third kappa shape index (κ3) is 4.03. The molecule has 1 aliphatic heterocycles. The second-order valence-corrected chi connectivity index (χ2v) is 8.53. The number of hydrogen-bond acceptors (Lipinski definition) is 4. The number of benzene rings is 1. The quantitative estimate of drug-likeness (QED) is 0.468. The molecule has 0 bridgehead atoms. The molecule has 1 aliphatic rings. The molecule has 1 aromatic carbocycles. The van der Waals surface area contributed by atoms with Crippen LogP contribution in [0.5, 0.6) is 0 Å². The Bertz CT molecular complexity index is 372. The van der Waals surface area contributed by atoms with E-state index in [4.69, 9.17) is 5.84 Å². The summed E-state index contributed by atoms with van der Waals surface area (Å²) in [4.78, 5) is 0. The van der Waals surface area contributed by atoms with Crippen molar-refractivity contribution < 1.29 is 0 Å². The highest BCUT2D eigenvalue weighted by molar-refractivity contribution is 14.1. The first-order valence-corrected chi connectivity index (χ1v) is 9.32. The minimum atomic E-state index is 0.359. The van der Waals surface area contributed by atoms with Crippen LogP contribution in [0.25, 0.3) is 0 Å². The van der Waals surface area contributed by atoms with Crippen LogP contribution in [0.15, 0.2) is 24.3 Å². The summed E-state index contributed by atoms with van der Waals surface area (Å²) >= 11 is 6.47. The van der Waals surface area contributed by atoms with Crippen molar-refractivity contribution in [2.75, 3.05) is 11.5 Å². The summed E-state index contributed by atoms with van der Waals surface area (Å²) in [6, 6.07) is 9.10. The average Bonchev–Trinajstić information content (AvgIpc) is 2.39. The molecule has 0 radical (unpaired) electrons. The standard InChI is InChI=1S/C13H19IN2S2/c1-9-13(18-7-6-17-9)12(16-15)8-10-2-4-11(14)5-3-10/h2-5,9,12-13,16H,6-8,15H2,1H3. The fourth-order valence-corrected chi connectivity index (χ4v) is 5.54. The van der Waals surface area contributed by atoms with Crippen molar-refractivity contribution in [3.8, 4) is 0 Å². The summed E-state index contributed by atoms with van der Waals surface area (Å²) in [6.07, 6.45) is 1.01. The van der Waals surface area contributed by atoms with Gasteiger partial charge >= 0.3 is 0 Å². The van der Waals surface area contributed by atoms with Crippen molar-refractivity contribution in [3.05, 3.63) is 33.4 Å². The van der Waals surface area contributed by atoms with Crippen LogP contribution in [0, 0.1) is 3.57 Å². The zero-order chi connectivity index (χ0) is 13.0. The van der Waals surface area contributed by atoms with Gasteiger partial charge in [0.2, 0.25) is 0 Å². The van der Waals surface area contributed by atoms with Crippen LogP contribution in [-0.2, 0) is 6.42 Å². The third-order valence-corrected chi connectivity index (χ3v) is 7.19. The van der Waals surface area contributed by atoms with Gasteiger partial charge in [0, 0.05) is 31.6 Å². The first-order chi connectivity index (χ1) is 8.70. The van der Waals surface area contributed by atoms with Crippen molar-refractivity contribution in [1.29, 1.82) is 0 Å². The van der Waals surface area contributed by atoms with E-state index >= 15 is 0 Å². The molecule has 1 saturated heterocycles. The lowest BCUT2D eigenvalue weighted by Gasteiger charge is -2.34. The molecule has 3 atom stereocenters. The Morgan fingerprint density at radius 1 is 1.33 bits per heavy atom. The van der Waals surface area contributed by atoms with E-state index in [2.05, 4.69) is 82.7 Å². The highest BCUT2D eigenvalue weighted by atomic mass is 127. The molecule has 0 aromatic heterocycles. The number of rotatable bonds is 4. The maximum atomic E-state index is 5.77. The van der Waals surface area contributed by atoms with Crippen molar-refractivity contribution in [2.24, 2.45) is 5.84 Å². The maximum absolute atomic E-state index is 5.77. The van der Waals surface area contributed by atoms with Gasteiger partial charge in [0.25, 0.3) is 0 Å². The largest absolute Gasteiger partial charge is 0.271 e. The maximum Gasteiger partial charge on any atom is 0.0380 e. The van der Waals surface area contributed by atoms with Crippen LogP contribution in [-0.4, -0.2) is 28.0 Å². The smallest absolute Gasteiger partial charge is 0.0380 e. The molecule has 5 heteroatoms. The number of halogens is 1. The zero-order valence-corrected chi connectivity index (χ0v) is 14.2. The van der Waals surface area contributed by atoms with Crippen molar-refractivity contribution >= 4 is 46.1 Å². The van der Waals surface area contributed by atoms with Gasteiger partial charge in [0.15, 0.2) is 0 Å². The molecule has 0 spiro atoms. The topological polar surface area (TPSA) is 38.0 Å². The number of nitrogens with one attached hydrogen (secondary N) is 1. The first kappa shape index (κ1) is 15.0. The SMILES string of the molecule is CC1SCCSC1C(Cc1ccc(I)cc1)NN. The zero-order valence-electron chi connectivity index (χ0n) is 10.4. The van der Waals surface area contributed by atoms with E-state index < -0.39 is 0 Å². The predicted molar refractivity (Wildman–Crippen MR) is 92.1 cm³/mol. The van der Waals surface area contributed by atoms with Gasteiger partial charge in [0.1, 0.15) is 0 Å². The van der Waals surface area contributed by atoms with Gasteiger partial charge in [-0.15, -0.1) is 0 Å². The fraction of sp³-hybridized carbons (Fsp3) is 0.538. The molecule has 1 fully saturated rings. The third-order valence-electron chi connectivity index (χ3n) is 3.22. The van der Waals surface area contributed by atoms with Gasteiger partial charge in [-0.05, 0) is 46.7 Å². The number of hydrogen-bond donors (Lipinski definition) is 2. The number of hydrazine groups is 1. The molecule has 1 aromatic rings. The predicted octanol–water partition coefficient (Wildman–Crippen LogP) is 2.90. The lowest BCUT2D eigenvalue weighted by molar-refractivity contribution is 0.501. The van der Waals surface area contributed by atoms with E-state index in [1.54, 1.807) is 0 Å². The molecule has 3 N–H and O–H groups in total. The molecule has 0 aliphatic carbocycles. The Labute approximate surface area is 131 Å². The minimum absolute atomic E-state index is 0.359. The Morgan fingerprint density at radius 3 is 2.61 bits per heavy atom. The van der Waals surface area contributed by atoms with Gasteiger partial charge in [-0.3, -0.25) is 11.3 Å². The van der Waals surface area contributed by atoms with E-state index in [1.807, 2.05) is 0 Å². The molecule has 0 amide bonds. The molecule has 18 heavy (non-hydrogen) atoms. The van der Waals surface area contributed by atoms with Gasteiger partial charge in [0.05, 0.1) is 0 Å². The molecule has 2 rings (SSSR count). The summed E-state index contributed by atoms with van der Waals surface area (Å²) in [5.41, 5.74) is 4.39. The molecule has 2 nitrogen and oxygen atoms in total. The van der Waals surface area contributed by atoms with E-state index in [9.17, 15) is 0 Å². The van der Waals surface area contributed by atoms with Gasteiger partial charge < -0.3 is 0 Å². The van der Waals surface area contributed by atoms with Crippen molar-refractivity contribution in [2.45, 2.75) is 29.9 Å².